The van der Waals surface area contributed by atoms with Crippen molar-refractivity contribution >= 4 is 27.7 Å². The number of hydrogen-bond acceptors (Lipinski definition) is 4. The van der Waals surface area contributed by atoms with E-state index in [2.05, 4.69) is 33.1 Å². The topological polar surface area (TPSA) is 52.6 Å². The molecule has 1 saturated heterocycles. The van der Waals surface area contributed by atoms with Gasteiger partial charge >= 0.3 is 0 Å². The minimum atomic E-state index is -0.120. The molecule has 1 N–H and O–H groups in total. The number of fused-ring (bicyclic) bond motifs is 1. The van der Waals surface area contributed by atoms with E-state index in [-0.39, 0.29) is 11.8 Å². The Labute approximate surface area is 286 Å². The summed E-state index contributed by atoms with van der Waals surface area (Å²) in [5, 5.41) is 3.75. The third-order valence-corrected chi connectivity index (χ3v) is 9.76. The summed E-state index contributed by atoms with van der Waals surface area (Å²) in [6, 6.07) is 7.18. The molecule has 0 spiro atoms. The number of carbonyl (C=O) groups is 2. The molecule has 2 aliphatic heterocycles. The predicted octanol–water partition coefficient (Wildman–Crippen LogP) is 10.9. The van der Waals surface area contributed by atoms with Gasteiger partial charge < -0.3 is 5.32 Å². The average Bonchev–Trinajstić information content (AvgIpc) is 3.62. The Balaban J connectivity index is 0.00000345. The number of halogens is 1. The molecule has 1 atom stereocenters. The van der Waals surface area contributed by atoms with Crippen LogP contribution in [0.25, 0.3) is 0 Å². The quantitative estimate of drug-likeness (QED) is 0.0567. The third-order valence-electron chi connectivity index (χ3n) is 9.76. The number of nitrogens with one attached hydrogen (secondary N) is 1. The molecule has 0 saturated carbocycles. The van der Waals surface area contributed by atoms with Crippen LogP contribution < -0.4 is 5.32 Å². The number of alkyl halides is 1. The van der Waals surface area contributed by atoms with Gasteiger partial charge in [0.2, 0.25) is 0 Å². The lowest BCUT2D eigenvalue weighted by atomic mass is 10.0. The fourth-order valence-corrected chi connectivity index (χ4v) is 7.01. The molecule has 1 fully saturated rings. The Bertz CT molecular complexity index is 860. The van der Waals surface area contributed by atoms with Gasteiger partial charge in [-0.3, -0.25) is 19.4 Å². The highest BCUT2D eigenvalue weighted by Gasteiger charge is 2.34. The molecule has 2 amide bonds. The van der Waals surface area contributed by atoms with Crippen molar-refractivity contribution in [2.45, 2.75) is 167 Å². The van der Waals surface area contributed by atoms with E-state index in [0.29, 0.717) is 23.8 Å². The number of benzene rings is 1. The van der Waals surface area contributed by atoms with Crippen LogP contribution in [0.15, 0.2) is 24.3 Å². The van der Waals surface area contributed by atoms with Crippen LogP contribution >= 0.6 is 15.9 Å². The summed E-state index contributed by atoms with van der Waals surface area (Å²) in [7, 11) is 0. The average molecular weight is 691 g/mol. The van der Waals surface area contributed by atoms with E-state index in [1.165, 1.54) is 159 Å². The molecule has 1 aromatic carbocycles. The van der Waals surface area contributed by atoms with Crippen LogP contribution in [0, 0.1) is 0 Å². The monoisotopic (exact) mass is 689 g/mol. The molecule has 1 aromatic rings. The van der Waals surface area contributed by atoms with E-state index >= 15 is 0 Å². The second kappa shape index (κ2) is 26.8. The van der Waals surface area contributed by atoms with Crippen LogP contribution in [0.3, 0.4) is 0 Å². The zero-order valence-corrected chi connectivity index (χ0v) is 30.9. The smallest absolute Gasteiger partial charge is 0.261 e. The number of rotatable bonds is 27. The Hall–Kier alpha value is -1.24. The van der Waals surface area contributed by atoms with Crippen LogP contribution in [-0.4, -0.2) is 59.8 Å². The SMILES string of the molecule is CBr.CCCCCCCCCCCCCCCCCC1NCCN1CCCCCCCCCCN1C(=O)c2ccccc2C1=O. The molecule has 6 heteroatoms. The summed E-state index contributed by atoms with van der Waals surface area (Å²) in [6.45, 7) is 6.47. The zero-order valence-electron chi connectivity index (χ0n) is 29.3. The maximum Gasteiger partial charge on any atom is 0.261 e. The molecular weight excluding hydrogens is 622 g/mol. The predicted molar refractivity (Wildman–Crippen MR) is 197 cm³/mol. The summed E-state index contributed by atoms with van der Waals surface area (Å²) >= 11 is 2.94. The van der Waals surface area contributed by atoms with Crippen molar-refractivity contribution in [3.05, 3.63) is 35.4 Å². The van der Waals surface area contributed by atoms with E-state index in [1.807, 2.05) is 18.0 Å². The lowest BCUT2D eigenvalue weighted by molar-refractivity contribution is 0.0651. The molecule has 0 radical (unpaired) electrons. The first-order chi connectivity index (χ1) is 22.2. The Morgan fingerprint density at radius 1 is 0.600 bits per heavy atom. The van der Waals surface area contributed by atoms with E-state index < -0.39 is 0 Å². The van der Waals surface area contributed by atoms with Gasteiger partial charge in [0.1, 0.15) is 0 Å². The maximum atomic E-state index is 12.5. The molecule has 258 valence electrons. The highest BCUT2D eigenvalue weighted by atomic mass is 79.9. The molecule has 2 heterocycles. The van der Waals surface area contributed by atoms with Gasteiger partial charge in [0, 0.05) is 19.6 Å². The molecule has 5 nitrogen and oxygen atoms in total. The number of amides is 2. The first-order valence-corrected chi connectivity index (χ1v) is 20.6. The number of imide groups is 1. The molecular formula is C39H68BrN3O2. The van der Waals surface area contributed by atoms with Crippen molar-refractivity contribution in [2.24, 2.45) is 0 Å². The molecule has 45 heavy (non-hydrogen) atoms. The second-order valence-electron chi connectivity index (χ2n) is 13.4. The van der Waals surface area contributed by atoms with Gasteiger partial charge in [0.25, 0.3) is 11.8 Å². The van der Waals surface area contributed by atoms with Crippen molar-refractivity contribution < 1.29 is 9.59 Å². The minimum absolute atomic E-state index is 0.120. The highest BCUT2D eigenvalue weighted by molar-refractivity contribution is 9.08. The van der Waals surface area contributed by atoms with Gasteiger partial charge in [-0.15, -0.1) is 0 Å². The molecule has 1 unspecified atom stereocenters. The zero-order chi connectivity index (χ0) is 32.4. The van der Waals surface area contributed by atoms with Crippen LogP contribution in [0.5, 0.6) is 0 Å². The van der Waals surface area contributed by atoms with Crippen molar-refractivity contribution in [1.29, 1.82) is 0 Å². The Kier molecular flexibility index (Phi) is 23.8. The third kappa shape index (κ3) is 16.4. The first kappa shape index (κ1) is 39.9. The molecule has 0 bridgehead atoms. The van der Waals surface area contributed by atoms with Crippen molar-refractivity contribution in [2.75, 3.05) is 32.0 Å². The van der Waals surface area contributed by atoms with Crippen LogP contribution in [0.2, 0.25) is 0 Å². The normalized spacial score (nSPS) is 16.3. The first-order valence-electron chi connectivity index (χ1n) is 19.0. The number of carbonyl (C=O) groups excluding carboxylic acids is 2. The number of unbranched alkanes of at least 4 members (excludes halogenated alkanes) is 21. The number of hydrogen-bond donors (Lipinski definition) is 1. The molecule has 2 aliphatic rings. The minimum Gasteiger partial charge on any atom is -0.300 e. The van der Waals surface area contributed by atoms with E-state index in [1.54, 1.807) is 12.1 Å². The van der Waals surface area contributed by atoms with Gasteiger partial charge in [-0.2, -0.15) is 0 Å². The van der Waals surface area contributed by atoms with Gasteiger partial charge in [0.15, 0.2) is 0 Å². The standard InChI is InChI=1S/C38H65N3O2.CH3Br/c1-2-3-4-5-6-7-8-9-10-11-12-13-16-19-22-29-36-39-30-33-40(36)31-25-20-17-14-15-18-21-26-32-41-37(42)34-27-23-24-28-35(34)38(41)43;1-2/h23-24,27-28,36,39H,2-22,25-26,29-33H2,1H3;1H3. The molecule has 0 aromatic heterocycles. The van der Waals surface area contributed by atoms with Crippen molar-refractivity contribution in [3.63, 3.8) is 0 Å². The highest BCUT2D eigenvalue weighted by Crippen LogP contribution is 2.23. The molecule has 0 aliphatic carbocycles. The summed E-state index contributed by atoms with van der Waals surface area (Å²) in [5.74, 6) is 1.57. The van der Waals surface area contributed by atoms with Gasteiger partial charge in [0.05, 0.1) is 17.3 Å². The van der Waals surface area contributed by atoms with E-state index in [4.69, 9.17) is 0 Å². The largest absolute Gasteiger partial charge is 0.300 e. The fourth-order valence-electron chi connectivity index (χ4n) is 7.01. The van der Waals surface area contributed by atoms with Crippen molar-refractivity contribution in [3.8, 4) is 0 Å². The van der Waals surface area contributed by atoms with Crippen LogP contribution in [-0.2, 0) is 0 Å². The van der Waals surface area contributed by atoms with Crippen molar-refractivity contribution in [1.82, 2.24) is 15.1 Å². The van der Waals surface area contributed by atoms with E-state index in [9.17, 15) is 9.59 Å². The van der Waals surface area contributed by atoms with Crippen LogP contribution in [0.4, 0.5) is 0 Å². The lowest BCUT2D eigenvalue weighted by Crippen LogP contribution is -2.36. The number of nitrogens with zero attached hydrogens (tertiary/aromatic N) is 2. The van der Waals surface area contributed by atoms with E-state index in [0.717, 1.165) is 19.4 Å². The summed E-state index contributed by atoms with van der Waals surface area (Å²) in [4.78, 5) is 29.0. The fraction of sp³-hybridized carbons (Fsp3) is 0.795. The van der Waals surface area contributed by atoms with Gasteiger partial charge in [-0.1, -0.05) is 170 Å². The Morgan fingerprint density at radius 2 is 1.00 bits per heavy atom. The van der Waals surface area contributed by atoms with Gasteiger partial charge in [-0.25, -0.2) is 0 Å². The van der Waals surface area contributed by atoms with Crippen LogP contribution in [0.1, 0.15) is 182 Å². The lowest BCUT2D eigenvalue weighted by Gasteiger charge is -2.24. The maximum absolute atomic E-state index is 12.5. The summed E-state index contributed by atoms with van der Waals surface area (Å²) in [6.07, 6.45) is 33.2. The van der Waals surface area contributed by atoms with Gasteiger partial charge in [-0.05, 0) is 43.8 Å². The second-order valence-corrected chi connectivity index (χ2v) is 13.4. The summed E-state index contributed by atoms with van der Waals surface area (Å²) < 4.78 is 0. The summed E-state index contributed by atoms with van der Waals surface area (Å²) in [5.41, 5.74) is 1.13. The molecule has 3 rings (SSSR count). The Morgan fingerprint density at radius 3 is 1.47 bits per heavy atom.